The number of nitrogens with zero attached hydrogens (tertiary/aromatic N) is 3. The average Bonchev–Trinajstić information content (AvgIpc) is 3.31. The maximum absolute atomic E-state index is 13.5. The summed E-state index contributed by atoms with van der Waals surface area (Å²) in [5.74, 6) is -0.767. The van der Waals surface area contributed by atoms with Crippen LogP contribution in [-0.2, 0) is 10.0 Å². The van der Waals surface area contributed by atoms with E-state index in [0.29, 0.717) is 36.2 Å². The highest BCUT2D eigenvalue weighted by Gasteiger charge is 2.37. The Morgan fingerprint density at radius 1 is 1.11 bits per heavy atom. The van der Waals surface area contributed by atoms with Crippen LogP contribution in [0.1, 0.15) is 24.6 Å². The molecule has 1 atom stereocenters. The highest BCUT2D eigenvalue weighted by Crippen LogP contribution is 2.36. The van der Waals surface area contributed by atoms with Gasteiger partial charge in [-0.2, -0.15) is 9.40 Å². The van der Waals surface area contributed by atoms with Crippen molar-refractivity contribution in [3.8, 4) is 0 Å². The third kappa shape index (κ3) is 3.60. The molecule has 7 nitrogen and oxygen atoms in total. The lowest BCUT2D eigenvalue weighted by Crippen LogP contribution is -2.31. The van der Waals surface area contributed by atoms with Gasteiger partial charge < -0.3 is 5.32 Å². The van der Waals surface area contributed by atoms with Crippen molar-refractivity contribution in [2.45, 2.75) is 23.8 Å². The van der Waals surface area contributed by atoms with Crippen LogP contribution in [0, 0.1) is 11.6 Å². The molecule has 0 aliphatic carbocycles. The van der Waals surface area contributed by atoms with Gasteiger partial charge in [0.1, 0.15) is 17.5 Å². The third-order valence-corrected chi connectivity index (χ3v) is 6.41. The van der Waals surface area contributed by atoms with Crippen LogP contribution in [0.2, 0.25) is 0 Å². The molecule has 146 valence electrons. The van der Waals surface area contributed by atoms with Crippen molar-refractivity contribution in [3.63, 3.8) is 0 Å². The molecule has 0 saturated carbocycles. The van der Waals surface area contributed by atoms with Gasteiger partial charge in [0.05, 0.1) is 16.6 Å². The van der Waals surface area contributed by atoms with E-state index >= 15 is 0 Å². The fourth-order valence-corrected chi connectivity index (χ4v) is 5.01. The van der Waals surface area contributed by atoms with Gasteiger partial charge in [-0.05, 0) is 37.1 Å². The number of sulfonamides is 1. The monoisotopic (exact) mass is 405 g/mol. The van der Waals surface area contributed by atoms with E-state index in [1.807, 2.05) is 6.07 Å². The second kappa shape index (κ2) is 7.28. The van der Waals surface area contributed by atoms with Crippen molar-refractivity contribution < 1.29 is 17.2 Å². The Morgan fingerprint density at radius 2 is 1.89 bits per heavy atom. The van der Waals surface area contributed by atoms with Crippen molar-refractivity contribution in [2.75, 3.05) is 11.9 Å². The second-order valence-electron chi connectivity index (χ2n) is 6.43. The fourth-order valence-electron chi connectivity index (χ4n) is 3.29. The normalized spacial score (nSPS) is 17.7. The van der Waals surface area contributed by atoms with Crippen molar-refractivity contribution >= 4 is 21.7 Å². The van der Waals surface area contributed by atoms with Crippen LogP contribution in [0.3, 0.4) is 0 Å². The molecule has 3 aromatic rings. The number of benzene rings is 1. The first-order valence-electron chi connectivity index (χ1n) is 8.65. The topological polar surface area (TPSA) is 91.0 Å². The molecular formula is C18H17F2N5O2S. The van der Waals surface area contributed by atoms with Gasteiger partial charge in [-0.3, -0.25) is 5.10 Å². The Morgan fingerprint density at radius 3 is 2.61 bits per heavy atom. The fraction of sp³-hybridized carbons (Fsp3) is 0.222. The van der Waals surface area contributed by atoms with Crippen LogP contribution in [0.15, 0.2) is 53.6 Å². The second-order valence-corrected chi connectivity index (χ2v) is 8.32. The van der Waals surface area contributed by atoms with Crippen molar-refractivity contribution in [3.05, 3.63) is 66.0 Å². The number of aromatic nitrogens is 3. The maximum atomic E-state index is 13.5. The predicted octanol–water partition coefficient (Wildman–Crippen LogP) is 3.35. The number of nitrogens with one attached hydrogen (secondary N) is 2. The van der Waals surface area contributed by atoms with Gasteiger partial charge >= 0.3 is 0 Å². The Bertz CT molecular complexity index is 1070. The van der Waals surface area contributed by atoms with Gasteiger partial charge in [-0.25, -0.2) is 22.2 Å². The summed E-state index contributed by atoms with van der Waals surface area (Å²) in [6, 6.07) is 8.90. The molecule has 1 aliphatic heterocycles. The zero-order valence-electron chi connectivity index (χ0n) is 14.6. The number of hydrogen-bond donors (Lipinski definition) is 2. The molecule has 28 heavy (non-hydrogen) atoms. The van der Waals surface area contributed by atoms with E-state index in [9.17, 15) is 17.2 Å². The molecule has 2 N–H and O–H groups in total. The molecule has 1 fully saturated rings. The van der Waals surface area contributed by atoms with E-state index in [-0.39, 0.29) is 6.54 Å². The van der Waals surface area contributed by atoms with Crippen molar-refractivity contribution in [1.82, 2.24) is 19.5 Å². The Balaban J connectivity index is 1.60. The molecule has 0 radical (unpaired) electrons. The molecule has 10 heteroatoms. The molecule has 1 saturated heterocycles. The quantitative estimate of drug-likeness (QED) is 0.679. The minimum atomic E-state index is -4.06. The lowest BCUT2D eigenvalue weighted by atomic mass is 10.2. The van der Waals surface area contributed by atoms with Crippen LogP contribution >= 0.6 is 0 Å². The number of rotatable bonds is 5. The van der Waals surface area contributed by atoms with Gasteiger partial charge in [0.25, 0.3) is 0 Å². The number of anilines is 2. The van der Waals surface area contributed by atoms with Crippen molar-refractivity contribution in [1.29, 1.82) is 0 Å². The molecule has 1 aromatic carbocycles. The number of H-pyrrole nitrogens is 1. The zero-order chi connectivity index (χ0) is 19.7. The van der Waals surface area contributed by atoms with E-state index in [0.717, 1.165) is 12.1 Å². The van der Waals surface area contributed by atoms with Gasteiger partial charge in [0.2, 0.25) is 10.0 Å². The minimum Gasteiger partial charge on any atom is -0.323 e. The summed E-state index contributed by atoms with van der Waals surface area (Å²) < 4.78 is 54.2. The van der Waals surface area contributed by atoms with E-state index in [4.69, 9.17) is 0 Å². The standard InChI is InChI=1S/C18H17F2N5O2S/c19-12-8-13(20)10-14(9-12)28(26,27)25-7-3-4-16(25)15-11-18(24-23-15)22-17-5-1-2-6-21-17/h1-2,5-6,8-11,16H,3-4,7H2,(H2,21,22,23,24). The molecular weight excluding hydrogens is 388 g/mol. The summed E-state index contributed by atoms with van der Waals surface area (Å²) in [6.07, 6.45) is 2.84. The van der Waals surface area contributed by atoms with Gasteiger partial charge in [-0.15, -0.1) is 0 Å². The zero-order valence-corrected chi connectivity index (χ0v) is 15.5. The molecule has 0 spiro atoms. The van der Waals surface area contributed by atoms with E-state index in [2.05, 4.69) is 20.5 Å². The first-order chi connectivity index (χ1) is 13.4. The summed E-state index contributed by atoms with van der Waals surface area (Å²) in [5, 5.41) is 10.0. The molecule has 0 amide bonds. The highest BCUT2D eigenvalue weighted by molar-refractivity contribution is 7.89. The molecule has 1 aliphatic rings. The molecule has 3 heterocycles. The third-order valence-electron chi connectivity index (χ3n) is 4.52. The van der Waals surface area contributed by atoms with Crippen LogP contribution in [0.25, 0.3) is 0 Å². The SMILES string of the molecule is O=S(=O)(c1cc(F)cc(F)c1)N1CCCC1c1cc(Nc2ccccn2)n[nH]1. The van der Waals surface area contributed by atoms with Crippen LogP contribution in [0.4, 0.5) is 20.4 Å². The van der Waals surface area contributed by atoms with Crippen molar-refractivity contribution in [2.24, 2.45) is 0 Å². The first-order valence-corrected chi connectivity index (χ1v) is 10.1. The van der Waals surface area contributed by atoms with Gasteiger partial charge in [0.15, 0.2) is 5.82 Å². The van der Waals surface area contributed by atoms with Crippen LogP contribution in [0.5, 0.6) is 0 Å². The van der Waals surface area contributed by atoms with E-state index < -0.39 is 32.6 Å². The molecule has 4 rings (SSSR count). The first kappa shape index (κ1) is 18.5. The number of hydrogen-bond acceptors (Lipinski definition) is 5. The Labute approximate surface area is 160 Å². The molecule has 0 bridgehead atoms. The molecule has 1 unspecified atom stereocenters. The predicted molar refractivity (Wildman–Crippen MR) is 98.3 cm³/mol. The Kier molecular flexibility index (Phi) is 4.82. The Hall–Kier alpha value is -2.85. The number of pyridine rings is 1. The molecule has 2 aromatic heterocycles. The highest BCUT2D eigenvalue weighted by atomic mass is 32.2. The number of aromatic amines is 1. The number of halogens is 2. The summed E-state index contributed by atoms with van der Waals surface area (Å²) in [7, 11) is -4.06. The van der Waals surface area contributed by atoms with Gasteiger partial charge in [-0.1, -0.05) is 6.07 Å². The van der Waals surface area contributed by atoms with Crippen LogP contribution in [-0.4, -0.2) is 34.4 Å². The van der Waals surface area contributed by atoms with Gasteiger partial charge in [0, 0.05) is 24.9 Å². The average molecular weight is 405 g/mol. The summed E-state index contributed by atoms with van der Waals surface area (Å²) in [4.78, 5) is 3.75. The smallest absolute Gasteiger partial charge is 0.243 e. The summed E-state index contributed by atoms with van der Waals surface area (Å²) in [5.41, 5.74) is 0.594. The lowest BCUT2D eigenvalue weighted by Gasteiger charge is -2.23. The minimum absolute atomic E-state index is 0.257. The summed E-state index contributed by atoms with van der Waals surface area (Å²) in [6.45, 7) is 0.257. The summed E-state index contributed by atoms with van der Waals surface area (Å²) >= 11 is 0. The maximum Gasteiger partial charge on any atom is 0.243 e. The largest absolute Gasteiger partial charge is 0.323 e. The van der Waals surface area contributed by atoms with Crippen LogP contribution < -0.4 is 5.32 Å². The van der Waals surface area contributed by atoms with E-state index in [1.54, 1.807) is 24.4 Å². The lowest BCUT2D eigenvalue weighted by molar-refractivity contribution is 0.389. The van der Waals surface area contributed by atoms with E-state index in [1.165, 1.54) is 4.31 Å².